The molecular weight excluding hydrogens is 504 g/mol. The third kappa shape index (κ3) is 8.05. The highest BCUT2D eigenvalue weighted by Gasteiger charge is 2.24. The van der Waals surface area contributed by atoms with Crippen LogP contribution in [0.15, 0.2) is 60.7 Å². The lowest BCUT2D eigenvalue weighted by Crippen LogP contribution is -2.28. The third-order valence-corrected chi connectivity index (χ3v) is 6.44. The number of rotatable bonds is 13. The van der Waals surface area contributed by atoms with E-state index in [4.69, 9.17) is 18.9 Å². The van der Waals surface area contributed by atoms with Crippen molar-refractivity contribution in [2.24, 2.45) is 11.8 Å². The van der Waals surface area contributed by atoms with E-state index in [-0.39, 0.29) is 48.0 Å². The van der Waals surface area contributed by atoms with Crippen molar-refractivity contribution in [3.05, 3.63) is 77.4 Å². The summed E-state index contributed by atoms with van der Waals surface area (Å²) < 4.78 is 21.1. The second kappa shape index (κ2) is 14.0. The van der Waals surface area contributed by atoms with Gasteiger partial charge in [-0.1, -0.05) is 18.2 Å². The van der Waals surface area contributed by atoms with E-state index in [0.717, 1.165) is 11.1 Å². The molecule has 0 heterocycles. The Morgan fingerprint density at radius 3 is 1.74 bits per heavy atom. The molecule has 208 valence electrons. The maximum Gasteiger partial charge on any atom is 0.330 e. The fourth-order valence-corrected chi connectivity index (χ4v) is 4.24. The molecule has 0 spiro atoms. The molecule has 2 unspecified atom stereocenters. The molecule has 0 amide bonds. The summed E-state index contributed by atoms with van der Waals surface area (Å²) in [4.78, 5) is 12.6. The summed E-state index contributed by atoms with van der Waals surface area (Å²) in [7, 11) is 4.36. The Labute approximate surface area is 227 Å². The Bertz CT molecular complexity index is 1290. The highest BCUT2D eigenvalue weighted by molar-refractivity contribution is 5.87. The fourth-order valence-electron chi connectivity index (χ4n) is 4.24. The lowest BCUT2D eigenvalue weighted by atomic mass is 9.83. The van der Waals surface area contributed by atoms with Crippen LogP contribution in [-0.2, 0) is 22.4 Å². The SMILES string of the molecule is COc1cc(C=CC(=O)OCC(Cc2ccc(O)c(OC)c2)C(CO)Cc2ccc(O)c(OC)c2)ccc1O. The highest BCUT2D eigenvalue weighted by Crippen LogP contribution is 2.32. The molecule has 39 heavy (non-hydrogen) atoms. The van der Waals surface area contributed by atoms with Gasteiger partial charge in [0.25, 0.3) is 0 Å². The van der Waals surface area contributed by atoms with Gasteiger partial charge in [-0.05, 0) is 77.9 Å². The normalized spacial score (nSPS) is 12.6. The van der Waals surface area contributed by atoms with Crippen LogP contribution in [0.2, 0.25) is 0 Å². The van der Waals surface area contributed by atoms with Crippen LogP contribution in [0.1, 0.15) is 16.7 Å². The molecule has 4 N–H and O–H groups in total. The van der Waals surface area contributed by atoms with Crippen LogP contribution < -0.4 is 14.2 Å². The number of ether oxygens (including phenoxy) is 4. The Kier molecular flexibility index (Phi) is 10.5. The lowest BCUT2D eigenvalue weighted by molar-refractivity contribution is -0.139. The van der Waals surface area contributed by atoms with E-state index >= 15 is 0 Å². The summed E-state index contributed by atoms with van der Waals surface area (Å²) in [5, 5.41) is 40.0. The first-order valence-electron chi connectivity index (χ1n) is 12.3. The number of phenols is 3. The molecular formula is C30H34O9. The van der Waals surface area contributed by atoms with Gasteiger partial charge in [0, 0.05) is 18.6 Å². The van der Waals surface area contributed by atoms with Crippen LogP contribution in [0.3, 0.4) is 0 Å². The molecule has 0 aliphatic heterocycles. The van der Waals surface area contributed by atoms with Crippen LogP contribution >= 0.6 is 0 Å². The van der Waals surface area contributed by atoms with Crippen molar-refractivity contribution < 1.29 is 44.2 Å². The summed E-state index contributed by atoms with van der Waals surface area (Å²) in [5.74, 6) is -0.230. The number of methoxy groups -OCH3 is 3. The van der Waals surface area contributed by atoms with Crippen LogP contribution in [0.25, 0.3) is 6.08 Å². The van der Waals surface area contributed by atoms with Gasteiger partial charge < -0.3 is 39.4 Å². The Morgan fingerprint density at radius 2 is 1.23 bits per heavy atom. The molecule has 0 bridgehead atoms. The quantitative estimate of drug-likeness (QED) is 0.187. The monoisotopic (exact) mass is 538 g/mol. The van der Waals surface area contributed by atoms with Crippen LogP contribution in [-0.4, -0.2) is 60.9 Å². The molecule has 3 aromatic carbocycles. The number of esters is 1. The second-order valence-corrected chi connectivity index (χ2v) is 9.02. The first-order valence-corrected chi connectivity index (χ1v) is 12.3. The maximum absolute atomic E-state index is 12.6. The maximum atomic E-state index is 12.6. The molecule has 9 nitrogen and oxygen atoms in total. The zero-order valence-electron chi connectivity index (χ0n) is 22.2. The van der Waals surface area contributed by atoms with E-state index in [1.807, 2.05) is 0 Å². The summed E-state index contributed by atoms with van der Waals surface area (Å²) in [6, 6.07) is 14.7. The van der Waals surface area contributed by atoms with Crippen molar-refractivity contribution in [1.29, 1.82) is 0 Å². The minimum Gasteiger partial charge on any atom is -0.504 e. The van der Waals surface area contributed by atoms with Crippen molar-refractivity contribution in [2.45, 2.75) is 12.8 Å². The van der Waals surface area contributed by atoms with Gasteiger partial charge >= 0.3 is 5.97 Å². The van der Waals surface area contributed by atoms with Crippen molar-refractivity contribution >= 4 is 12.0 Å². The minimum atomic E-state index is -0.571. The molecule has 0 radical (unpaired) electrons. The van der Waals surface area contributed by atoms with E-state index in [1.165, 1.54) is 45.6 Å². The number of carbonyl (C=O) groups is 1. The molecule has 0 saturated heterocycles. The topological polar surface area (TPSA) is 135 Å². The van der Waals surface area contributed by atoms with Gasteiger partial charge in [-0.2, -0.15) is 0 Å². The Morgan fingerprint density at radius 1 is 0.744 bits per heavy atom. The number of aliphatic hydroxyl groups is 1. The summed E-state index contributed by atoms with van der Waals surface area (Å²) >= 11 is 0. The predicted molar refractivity (Wildman–Crippen MR) is 145 cm³/mol. The average molecular weight is 539 g/mol. The average Bonchev–Trinajstić information content (AvgIpc) is 2.95. The molecule has 3 rings (SSSR count). The standard InChI is InChI=1S/C30H34O9/c1-36-27-14-19(4-8-24(27)32)7-11-30(35)39-18-23(13-21-6-10-26(34)29(16-21)38-3)22(17-31)12-20-5-9-25(33)28(15-20)37-2/h4-11,14-16,22-23,31-34H,12-13,17-18H2,1-3H3. The predicted octanol–water partition coefficient (Wildman–Crippen LogP) is 4.10. The number of hydrogen-bond donors (Lipinski definition) is 4. The fraction of sp³-hybridized carbons (Fsp3) is 0.300. The number of benzene rings is 3. The van der Waals surface area contributed by atoms with Gasteiger partial charge in [0.1, 0.15) is 0 Å². The number of aromatic hydroxyl groups is 3. The van der Waals surface area contributed by atoms with E-state index in [2.05, 4.69) is 0 Å². The Hall–Kier alpha value is -4.37. The molecule has 2 atom stereocenters. The van der Waals surface area contributed by atoms with Crippen molar-refractivity contribution in [2.75, 3.05) is 34.5 Å². The number of carbonyl (C=O) groups excluding carboxylic acids is 1. The smallest absolute Gasteiger partial charge is 0.330 e. The lowest BCUT2D eigenvalue weighted by Gasteiger charge is -2.26. The van der Waals surface area contributed by atoms with E-state index in [0.29, 0.717) is 29.9 Å². The molecule has 0 aliphatic carbocycles. The summed E-state index contributed by atoms with van der Waals surface area (Å²) in [6.45, 7) is -0.157. The molecule has 0 fully saturated rings. The molecule has 0 saturated carbocycles. The van der Waals surface area contributed by atoms with Gasteiger partial charge in [0.2, 0.25) is 0 Å². The van der Waals surface area contributed by atoms with Crippen molar-refractivity contribution in [3.63, 3.8) is 0 Å². The molecule has 0 aromatic heterocycles. The van der Waals surface area contributed by atoms with Gasteiger partial charge in [-0.3, -0.25) is 0 Å². The van der Waals surface area contributed by atoms with E-state index < -0.39 is 5.97 Å². The summed E-state index contributed by atoms with van der Waals surface area (Å²) in [5.41, 5.74) is 2.31. The first kappa shape index (κ1) is 29.2. The molecule has 3 aromatic rings. The first-order chi connectivity index (χ1) is 18.8. The zero-order chi connectivity index (χ0) is 28.4. The second-order valence-electron chi connectivity index (χ2n) is 9.02. The highest BCUT2D eigenvalue weighted by atomic mass is 16.5. The number of aliphatic hydroxyl groups excluding tert-OH is 1. The number of phenolic OH excluding ortho intramolecular Hbond substituents is 3. The van der Waals surface area contributed by atoms with E-state index in [9.17, 15) is 25.2 Å². The van der Waals surface area contributed by atoms with Crippen LogP contribution in [0, 0.1) is 11.8 Å². The van der Waals surface area contributed by atoms with Gasteiger partial charge in [0.05, 0.1) is 27.9 Å². The van der Waals surface area contributed by atoms with Crippen LogP contribution in [0.4, 0.5) is 0 Å². The third-order valence-electron chi connectivity index (χ3n) is 6.44. The number of hydrogen-bond acceptors (Lipinski definition) is 9. The van der Waals surface area contributed by atoms with Gasteiger partial charge in [0.15, 0.2) is 34.5 Å². The van der Waals surface area contributed by atoms with E-state index in [1.54, 1.807) is 42.5 Å². The van der Waals surface area contributed by atoms with Crippen molar-refractivity contribution in [1.82, 2.24) is 0 Å². The van der Waals surface area contributed by atoms with Crippen LogP contribution in [0.5, 0.6) is 34.5 Å². The van der Waals surface area contributed by atoms with Gasteiger partial charge in [-0.25, -0.2) is 4.79 Å². The summed E-state index contributed by atoms with van der Waals surface area (Å²) in [6.07, 6.45) is 3.71. The molecule has 9 heteroatoms. The minimum absolute atomic E-state index is 0.00720. The molecule has 0 aliphatic rings. The zero-order valence-corrected chi connectivity index (χ0v) is 22.2. The van der Waals surface area contributed by atoms with Crippen molar-refractivity contribution in [3.8, 4) is 34.5 Å². The van der Waals surface area contributed by atoms with Gasteiger partial charge in [-0.15, -0.1) is 0 Å². The largest absolute Gasteiger partial charge is 0.504 e. The Balaban J connectivity index is 1.79.